The molecule has 88 valence electrons. The molecule has 0 saturated carbocycles. The number of anilines is 3. The molecule has 1 heterocycles. The monoisotopic (exact) mass is 250 g/mol. The standard InChI is InChI=1S/C11H11ClN4O/c1-17-7-2-3-8(12)9(6-7)15-11-14-5-4-10(13)16-11/h2-6H,1H3,(H3,13,14,15,16). The van der Waals surface area contributed by atoms with Crippen LogP contribution in [-0.4, -0.2) is 17.1 Å². The summed E-state index contributed by atoms with van der Waals surface area (Å²) in [6, 6.07) is 6.87. The minimum Gasteiger partial charge on any atom is -0.497 e. The number of aromatic nitrogens is 2. The third-order valence-electron chi connectivity index (χ3n) is 2.10. The van der Waals surface area contributed by atoms with Crippen molar-refractivity contribution in [3.8, 4) is 5.75 Å². The quantitative estimate of drug-likeness (QED) is 0.875. The largest absolute Gasteiger partial charge is 0.497 e. The molecule has 0 aliphatic carbocycles. The van der Waals surface area contributed by atoms with Crippen molar-refractivity contribution in [1.82, 2.24) is 9.97 Å². The number of benzene rings is 1. The number of ether oxygens (including phenoxy) is 1. The first kappa shape index (κ1) is 11.5. The Morgan fingerprint density at radius 1 is 1.35 bits per heavy atom. The zero-order chi connectivity index (χ0) is 12.3. The van der Waals surface area contributed by atoms with Gasteiger partial charge in [0.25, 0.3) is 0 Å². The molecule has 2 rings (SSSR count). The van der Waals surface area contributed by atoms with Crippen LogP contribution in [0.5, 0.6) is 5.75 Å². The first-order valence-electron chi connectivity index (χ1n) is 4.88. The molecule has 0 bridgehead atoms. The normalized spacial score (nSPS) is 10.0. The topological polar surface area (TPSA) is 73.1 Å². The molecule has 6 heteroatoms. The van der Waals surface area contributed by atoms with Gasteiger partial charge in [0.15, 0.2) is 0 Å². The molecular formula is C11H11ClN4O. The Morgan fingerprint density at radius 2 is 2.18 bits per heavy atom. The summed E-state index contributed by atoms with van der Waals surface area (Å²) < 4.78 is 5.11. The third-order valence-corrected chi connectivity index (χ3v) is 2.43. The highest BCUT2D eigenvalue weighted by Gasteiger charge is 2.04. The van der Waals surface area contributed by atoms with E-state index in [1.54, 1.807) is 37.6 Å². The van der Waals surface area contributed by atoms with Crippen LogP contribution < -0.4 is 15.8 Å². The molecule has 0 unspecified atom stereocenters. The fraction of sp³-hybridized carbons (Fsp3) is 0.0909. The smallest absolute Gasteiger partial charge is 0.229 e. The van der Waals surface area contributed by atoms with Crippen LogP contribution in [0.1, 0.15) is 0 Å². The van der Waals surface area contributed by atoms with E-state index in [1.807, 2.05) is 0 Å². The number of rotatable bonds is 3. The van der Waals surface area contributed by atoms with Crippen LogP contribution in [0.2, 0.25) is 5.02 Å². The number of nitrogen functional groups attached to an aromatic ring is 1. The molecule has 0 atom stereocenters. The highest BCUT2D eigenvalue weighted by atomic mass is 35.5. The van der Waals surface area contributed by atoms with Gasteiger partial charge < -0.3 is 15.8 Å². The van der Waals surface area contributed by atoms with E-state index in [-0.39, 0.29) is 0 Å². The van der Waals surface area contributed by atoms with Gasteiger partial charge in [0.1, 0.15) is 11.6 Å². The number of nitrogens with one attached hydrogen (secondary N) is 1. The molecule has 5 nitrogen and oxygen atoms in total. The number of hydrogen-bond donors (Lipinski definition) is 2. The molecule has 1 aromatic carbocycles. The molecule has 2 aromatic rings. The Labute approximate surface area is 104 Å². The minimum atomic E-state index is 0.389. The lowest BCUT2D eigenvalue weighted by Gasteiger charge is -2.08. The molecule has 0 saturated heterocycles. The number of methoxy groups -OCH3 is 1. The fourth-order valence-corrected chi connectivity index (χ4v) is 1.45. The molecular weight excluding hydrogens is 240 g/mol. The Morgan fingerprint density at radius 3 is 2.88 bits per heavy atom. The van der Waals surface area contributed by atoms with Gasteiger partial charge in [-0.3, -0.25) is 0 Å². The van der Waals surface area contributed by atoms with Crippen LogP contribution in [-0.2, 0) is 0 Å². The minimum absolute atomic E-state index is 0.389. The molecule has 3 N–H and O–H groups in total. The summed E-state index contributed by atoms with van der Waals surface area (Å²) in [7, 11) is 1.59. The van der Waals surface area contributed by atoms with Gasteiger partial charge in [-0.15, -0.1) is 0 Å². The molecule has 17 heavy (non-hydrogen) atoms. The van der Waals surface area contributed by atoms with Gasteiger partial charge in [0.05, 0.1) is 17.8 Å². The average molecular weight is 251 g/mol. The predicted molar refractivity (Wildman–Crippen MR) is 67.7 cm³/mol. The molecule has 0 aliphatic rings. The lowest BCUT2D eigenvalue weighted by atomic mass is 10.3. The summed E-state index contributed by atoms with van der Waals surface area (Å²) in [5.41, 5.74) is 6.22. The molecule has 0 fully saturated rings. The average Bonchev–Trinajstić information content (AvgIpc) is 2.32. The van der Waals surface area contributed by atoms with Crippen LogP contribution in [0.3, 0.4) is 0 Å². The van der Waals surface area contributed by atoms with Crippen LogP contribution in [0.25, 0.3) is 0 Å². The molecule has 0 amide bonds. The molecule has 0 spiro atoms. The number of hydrogen-bond acceptors (Lipinski definition) is 5. The van der Waals surface area contributed by atoms with Crippen molar-refractivity contribution in [1.29, 1.82) is 0 Å². The van der Waals surface area contributed by atoms with Crippen molar-refractivity contribution < 1.29 is 4.74 Å². The van der Waals surface area contributed by atoms with Gasteiger partial charge in [-0.05, 0) is 18.2 Å². The number of nitrogens with zero attached hydrogens (tertiary/aromatic N) is 2. The van der Waals surface area contributed by atoms with E-state index in [0.29, 0.717) is 28.2 Å². The van der Waals surface area contributed by atoms with Crippen LogP contribution in [0.4, 0.5) is 17.5 Å². The van der Waals surface area contributed by atoms with E-state index in [4.69, 9.17) is 22.1 Å². The Balaban J connectivity index is 2.29. The Kier molecular flexibility index (Phi) is 3.30. The van der Waals surface area contributed by atoms with Crippen LogP contribution >= 0.6 is 11.6 Å². The van der Waals surface area contributed by atoms with E-state index in [9.17, 15) is 0 Å². The van der Waals surface area contributed by atoms with Crippen molar-refractivity contribution in [3.05, 3.63) is 35.5 Å². The van der Waals surface area contributed by atoms with Gasteiger partial charge in [-0.2, -0.15) is 4.98 Å². The highest BCUT2D eigenvalue weighted by Crippen LogP contribution is 2.28. The van der Waals surface area contributed by atoms with Gasteiger partial charge in [-0.1, -0.05) is 11.6 Å². The lowest BCUT2D eigenvalue weighted by molar-refractivity contribution is 0.415. The van der Waals surface area contributed by atoms with Crippen molar-refractivity contribution in [3.63, 3.8) is 0 Å². The van der Waals surface area contributed by atoms with E-state index < -0.39 is 0 Å². The van der Waals surface area contributed by atoms with Crippen molar-refractivity contribution in [2.24, 2.45) is 0 Å². The number of nitrogens with two attached hydrogens (primary N) is 1. The van der Waals surface area contributed by atoms with Crippen molar-refractivity contribution >= 4 is 29.1 Å². The molecule has 0 aliphatic heterocycles. The maximum absolute atomic E-state index is 6.04. The van der Waals surface area contributed by atoms with Gasteiger partial charge in [0, 0.05) is 12.3 Å². The first-order chi connectivity index (χ1) is 8.19. The first-order valence-corrected chi connectivity index (χ1v) is 5.26. The van der Waals surface area contributed by atoms with Crippen molar-refractivity contribution in [2.75, 3.05) is 18.2 Å². The maximum atomic E-state index is 6.04. The van der Waals surface area contributed by atoms with E-state index >= 15 is 0 Å². The zero-order valence-electron chi connectivity index (χ0n) is 9.14. The summed E-state index contributed by atoms with van der Waals surface area (Å²) in [5.74, 6) is 1.47. The summed E-state index contributed by atoms with van der Waals surface area (Å²) >= 11 is 6.04. The highest BCUT2D eigenvalue weighted by molar-refractivity contribution is 6.33. The molecule has 1 aromatic heterocycles. The second-order valence-electron chi connectivity index (χ2n) is 3.28. The fourth-order valence-electron chi connectivity index (χ4n) is 1.28. The lowest BCUT2D eigenvalue weighted by Crippen LogP contribution is -2.00. The van der Waals surface area contributed by atoms with E-state index in [0.717, 1.165) is 0 Å². The van der Waals surface area contributed by atoms with Crippen LogP contribution in [0, 0.1) is 0 Å². The summed E-state index contributed by atoms with van der Waals surface area (Å²) in [4.78, 5) is 8.05. The third kappa shape index (κ3) is 2.76. The van der Waals surface area contributed by atoms with Crippen LogP contribution in [0.15, 0.2) is 30.5 Å². The Bertz CT molecular complexity index is 533. The van der Waals surface area contributed by atoms with E-state index in [2.05, 4.69) is 15.3 Å². The van der Waals surface area contributed by atoms with Gasteiger partial charge >= 0.3 is 0 Å². The Hall–Kier alpha value is -2.01. The summed E-state index contributed by atoms with van der Waals surface area (Å²) in [6.07, 6.45) is 1.57. The maximum Gasteiger partial charge on any atom is 0.229 e. The second kappa shape index (κ2) is 4.88. The zero-order valence-corrected chi connectivity index (χ0v) is 9.90. The summed E-state index contributed by atoms with van der Waals surface area (Å²) in [6.45, 7) is 0. The van der Waals surface area contributed by atoms with Gasteiger partial charge in [-0.25, -0.2) is 4.98 Å². The predicted octanol–water partition coefficient (Wildman–Crippen LogP) is 2.46. The van der Waals surface area contributed by atoms with Gasteiger partial charge in [0.2, 0.25) is 5.95 Å². The summed E-state index contributed by atoms with van der Waals surface area (Å²) in [5, 5.41) is 3.53. The second-order valence-corrected chi connectivity index (χ2v) is 3.68. The molecule has 0 radical (unpaired) electrons. The van der Waals surface area contributed by atoms with E-state index in [1.165, 1.54) is 0 Å². The van der Waals surface area contributed by atoms with Crippen molar-refractivity contribution in [2.45, 2.75) is 0 Å². The SMILES string of the molecule is COc1ccc(Cl)c(Nc2nccc(N)n2)c1. The number of halogens is 1.